The Labute approximate surface area is 345 Å². The third kappa shape index (κ3) is 16.2. The molecule has 0 atom stereocenters. The standard InChI is InChI=1S/C43H62N4O10S/c1-3-46(35-9-7-8-32(2)28-35)41(50)31-47-36-16-27-58-39(36)30-37(47)38(48)29-33-11-13-34(14-12-33)43(53)45-17-6-4-5-10-40(49)44-18-20-55-22-24-57-26-25-56-23-21-54-19-15-42(51)52/h7-9,16,27-28,30,33-34H,3-6,10-15,17-26,29,31H2,1-2H3,(H,44,49)(H,45,53)(H,51,52). The van der Waals surface area contributed by atoms with Crippen LogP contribution in [0.1, 0.15) is 87.2 Å². The van der Waals surface area contributed by atoms with Gasteiger partial charge in [-0.25, -0.2) is 0 Å². The first-order valence-electron chi connectivity index (χ1n) is 20.7. The summed E-state index contributed by atoms with van der Waals surface area (Å²) in [6.45, 7) is 8.54. The number of carboxylic acid groups (broad SMARTS) is 1. The second-order valence-corrected chi connectivity index (χ2v) is 15.6. The number of Topliss-reactive ketones (excluding diaryl/α,β-unsaturated/α-hetero) is 1. The highest BCUT2D eigenvalue weighted by atomic mass is 32.1. The van der Waals surface area contributed by atoms with E-state index in [0.29, 0.717) is 84.4 Å². The van der Waals surface area contributed by atoms with Crippen molar-refractivity contribution in [3.8, 4) is 0 Å². The van der Waals surface area contributed by atoms with E-state index in [1.54, 1.807) is 16.2 Å². The molecule has 2 aromatic heterocycles. The minimum absolute atomic E-state index is 0.0215. The Balaban J connectivity index is 1.02. The number of hydrogen-bond acceptors (Lipinski definition) is 10. The lowest BCUT2D eigenvalue weighted by Crippen LogP contribution is -2.35. The van der Waals surface area contributed by atoms with Crippen molar-refractivity contribution in [2.75, 3.05) is 77.4 Å². The second kappa shape index (κ2) is 26.1. The van der Waals surface area contributed by atoms with Crippen molar-refractivity contribution in [1.29, 1.82) is 0 Å². The molecule has 3 aromatic rings. The lowest BCUT2D eigenvalue weighted by molar-refractivity contribution is -0.138. The SMILES string of the molecule is CCN(C(=O)Cn1c(C(=O)CC2CCC(C(=O)NCCCCCC(=O)NCCOCCOCCOCCOCCC(=O)O)CC2)cc2sccc21)c1cccc(C)c1. The number of ketones is 1. The molecular weight excluding hydrogens is 765 g/mol. The summed E-state index contributed by atoms with van der Waals surface area (Å²) in [7, 11) is 0. The molecule has 0 spiro atoms. The summed E-state index contributed by atoms with van der Waals surface area (Å²) in [5.41, 5.74) is 3.42. The first-order valence-corrected chi connectivity index (χ1v) is 21.6. The number of rotatable bonds is 29. The average Bonchev–Trinajstić information content (AvgIpc) is 3.81. The van der Waals surface area contributed by atoms with Crippen molar-refractivity contribution in [3.05, 3.63) is 53.0 Å². The van der Waals surface area contributed by atoms with Crippen LogP contribution in [0.3, 0.4) is 0 Å². The van der Waals surface area contributed by atoms with Gasteiger partial charge in [0.15, 0.2) is 5.78 Å². The van der Waals surface area contributed by atoms with Crippen molar-refractivity contribution < 1.29 is 48.0 Å². The van der Waals surface area contributed by atoms with E-state index >= 15 is 0 Å². The summed E-state index contributed by atoms with van der Waals surface area (Å²) < 4.78 is 24.2. The lowest BCUT2D eigenvalue weighted by atomic mass is 9.79. The van der Waals surface area contributed by atoms with Gasteiger partial charge in [-0.05, 0) is 93.5 Å². The predicted octanol–water partition coefficient (Wildman–Crippen LogP) is 5.78. The number of anilines is 1. The monoisotopic (exact) mass is 826 g/mol. The Morgan fingerprint density at radius 1 is 0.810 bits per heavy atom. The van der Waals surface area contributed by atoms with Crippen LogP contribution in [0.15, 0.2) is 41.8 Å². The normalized spacial score (nSPS) is 15.3. The van der Waals surface area contributed by atoms with Crippen molar-refractivity contribution in [3.63, 3.8) is 0 Å². The van der Waals surface area contributed by atoms with E-state index in [4.69, 9.17) is 24.1 Å². The van der Waals surface area contributed by atoms with Gasteiger partial charge in [-0.3, -0.25) is 24.0 Å². The van der Waals surface area contributed by atoms with E-state index in [2.05, 4.69) is 10.6 Å². The molecule has 1 saturated carbocycles. The molecule has 1 aromatic carbocycles. The summed E-state index contributed by atoms with van der Waals surface area (Å²) in [4.78, 5) is 64.5. The number of ether oxygens (including phenoxy) is 4. The summed E-state index contributed by atoms with van der Waals surface area (Å²) in [5.74, 6) is -0.707. The van der Waals surface area contributed by atoms with E-state index in [1.807, 2.05) is 60.2 Å². The Kier molecular flexibility index (Phi) is 20.9. The van der Waals surface area contributed by atoms with E-state index in [9.17, 15) is 24.0 Å². The van der Waals surface area contributed by atoms with Crippen molar-refractivity contribution >= 4 is 56.7 Å². The molecule has 0 radical (unpaired) electrons. The summed E-state index contributed by atoms with van der Waals surface area (Å²) in [6.07, 6.45) is 6.32. The van der Waals surface area contributed by atoms with E-state index in [0.717, 1.165) is 66.4 Å². The van der Waals surface area contributed by atoms with Gasteiger partial charge in [-0.2, -0.15) is 0 Å². The average molecular weight is 827 g/mol. The number of carbonyl (C=O) groups is 5. The number of nitrogens with zero attached hydrogens (tertiary/aromatic N) is 2. The molecule has 0 bridgehead atoms. The van der Waals surface area contributed by atoms with Gasteiger partial charge in [0.1, 0.15) is 6.54 Å². The third-order valence-electron chi connectivity index (χ3n) is 10.2. The van der Waals surface area contributed by atoms with Crippen LogP contribution in [0.25, 0.3) is 10.2 Å². The van der Waals surface area contributed by atoms with Crippen LogP contribution in [0.2, 0.25) is 0 Å². The van der Waals surface area contributed by atoms with Gasteiger partial charge in [-0.1, -0.05) is 18.6 Å². The van der Waals surface area contributed by atoms with Crippen LogP contribution >= 0.6 is 11.3 Å². The van der Waals surface area contributed by atoms with Gasteiger partial charge in [0.25, 0.3) is 0 Å². The molecule has 3 amide bonds. The first-order chi connectivity index (χ1) is 28.2. The Hall–Kier alpha value is -4.15. The molecule has 1 aliphatic rings. The van der Waals surface area contributed by atoms with Crippen LogP contribution in [0, 0.1) is 18.8 Å². The fourth-order valence-corrected chi connectivity index (χ4v) is 7.93. The zero-order valence-electron chi connectivity index (χ0n) is 34.2. The van der Waals surface area contributed by atoms with Crippen molar-refractivity contribution in [2.24, 2.45) is 11.8 Å². The summed E-state index contributed by atoms with van der Waals surface area (Å²) >= 11 is 1.57. The van der Waals surface area contributed by atoms with Gasteiger partial charge >= 0.3 is 5.97 Å². The minimum atomic E-state index is -0.889. The van der Waals surface area contributed by atoms with Gasteiger partial charge in [0.05, 0.1) is 75.2 Å². The molecule has 14 nitrogen and oxygen atoms in total. The molecular formula is C43H62N4O10S. The zero-order valence-corrected chi connectivity index (χ0v) is 35.0. The minimum Gasteiger partial charge on any atom is -0.481 e. The maximum Gasteiger partial charge on any atom is 0.305 e. The number of carbonyl (C=O) groups excluding carboxylic acids is 4. The van der Waals surface area contributed by atoms with E-state index in [1.165, 1.54) is 0 Å². The van der Waals surface area contributed by atoms with Crippen molar-refractivity contribution in [1.82, 2.24) is 15.2 Å². The van der Waals surface area contributed by atoms with Crippen LogP contribution in [0.4, 0.5) is 5.69 Å². The molecule has 3 N–H and O–H groups in total. The quantitative estimate of drug-likeness (QED) is 0.0576. The molecule has 0 unspecified atom stereocenters. The number of amides is 3. The fourth-order valence-electron chi connectivity index (χ4n) is 7.11. The zero-order chi connectivity index (χ0) is 41.5. The number of nitrogens with one attached hydrogen (secondary N) is 2. The number of carboxylic acids is 1. The number of fused-ring (bicyclic) bond motifs is 1. The smallest absolute Gasteiger partial charge is 0.305 e. The fraction of sp³-hybridized carbons (Fsp3) is 0.605. The number of hydrogen-bond donors (Lipinski definition) is 3. The van der Waals surface area contributed by atoms with Gasteiger partial charge < -0.3 is 44.2 Å². The predicted molar refractivity (Wildman–Crippen MR) is 223 cm³/mol. The molecule has 15 heteroatoms. The van der Waals surface area contributed by atoms with Gasteiger partial charge in [0.2, 0.25) is 17.7 Å². The number of aromatic nitrogens is 1. The van der Waals surface area contributed by atoms with E-state index < -0.39 is 5.97 Å². The maximum atomic E-state index is 13.7. The third-order valence-corrected chi connectivity index (χ3v) is 11.1. The first kappa shape index (κ1) is 46.5. The topological polar surface area (TPSA) is 175 Å². The highest BCUT2D eigenvalue weighted by Crippen LogP contribution is 2.33. The number of aliphatic carboxylic acids is 1. The van der Waals surface area contributed by atoms with Crippen LogP contribution in [-0.2, 0) is 44.7 Å². The Morgan fingerprint density at radius 3 is 2.17 bits per heavy atom. The van der Waals surface area contributed by atoms with Crippen LogP contribution < -0.4 is 15.5 Å². The molecule has 58 heavy (non-hydrogen) atoms. The summed E-state index contributed by atoms with van der Waals surface area (Å²) in [6, 6.07) is 11.8. The lowest BCUT2D eigenvalue weighted by Gasteiger charge is -2.27. The van der Waals surface area contributed by atoms with Crippen molar-refractivity contribution in [2.45, 2.75) is 84.6 Å². The van der Waals surface area contributed by atoms with Gasteiger partial charge in [0, 0.05) is 44.1 Å². The Bertz CT molecular complexity index is 1730. The molecule has 0 aliphatic heterocycles. The molecule has 0 saturated heterocycles. The molecule has 1 aliphatic carbocycles. The number of likely N-dealkylation sites (N-methyl/N-ethyl adjacent to an activating group) is 1. The Morgan fingerprint density at radius 2 is 1.50 bits per heavy atom. The molecule has 2 heterocycles. The number of benzene rings is 1. The number of thiophene rings is 1. The van der Waals surface area contributed by atoms with Gasteiger partial charge in [-0.15, -0.1) is 11.3 Å². The second-order valence-electron chi connectivity index (χ2n) is 14.7. The molecule has 320 valence electrons. The van der Waals surface area contributed by atoms with E-state index in [-0.39, 0.29) is 54.9 Å². The van der Waals surface area contributed by atoms with Crippen LogP contribution in [0.5, 0.6) is 0 Å². The maximum absolute atomic E-state index is 13.7. The highest BCUT2D eigenvalue weighted by Gasteiger charge is 2.29. The van der Waals surface area contributed by atoms with Crippen LogP contribution in [-0.4, -0.2) is 112 Å². The molecule has 1 fully saturated rings. The summed E-state index contributed by atoms with van der Waals surface area (Å²) in [5, 5.41) is 16.5. The largest absolute Gasteiger partial charge is 0.481 e. The molecule has 4 rings (SSSR count). The number of aryl methyl sites for hydroxylation is 1. The number of unbranched alkanes of at least 4 members (excludes halogenated alkanes) is 2. The highest BCUT2D eigenvalue weighted by molar-refractivity contribution is 7.17.